The van der Waals surface area contributed by atoms with Crippen molar-refractivity contribution in [2.75, 3.05) is 20.6 Å². The molecule has 1 aliphatic rings. The number of carbonyl (C=O) groups excluding carboxylic acids is 1. The highest BCUT2D eigenvalue weighted by atomic mass is 35.5. The Kier molecular flexibility index (Phi) is 6.07. The lowest BCUT2D eigenvalue weighted by Gasteiger charge is -2.16. The standard InChI is InChI=1S/C25H25ClN2O2/c1-27(2)16-21-5-3-4-6-23(21)19-9-7-18(8-10-19)15-28-17-24(30-25(28)29)20-11-13-22(26)14-12-20/h3-14,24H,15-17H2,1-2H3/t24-/m0/s1. The number of ether oxygens (including phenoxy) is 1. The first kappa shape index (κ1) is 20.5. The van der Waals surface area contributed by atoms with Crippen molar-refractivity contribution in [2.45, 2.75) is 19.2 Å². The SMILES string of the molecule is CN(C)Cc1ccccc1-c1ccc(CN2C[C@@H](c3ccc(Cl)cc3)OC2=O)cc1. The van der Waals surface area contributed by atoms with Gasteiger partial charge in [-0.1, -0.05) is 72.3 Å². The van der Waals surface area contributed by atoms with Gasteiger partial charge >= 0.3 is 6.09 Å². The molecule has 0 aliphatic carbocycles. The molecule has 1 amide bonds. The molecule has 0 radical (unpaired) electrons. The second kappa shape index (κ2) is 8.90. The van der Waals surface area contributed by atoms with Gasteiger partial charge in [0.2, 0.25) is 0 Å². The van der Waals surface area contributed by atoms with E-state index in [0.717, 1.165) is 17.7 Å². The van der Waals surface area contributed by atoms with Crippen molar-refractivity contribution in [2.24, 2.45) is 0 Å². The van der Waals surface area contributed by atoms with Crippen molar-refractivity contribution >= 4 is 17.7 Å². The van der Waals surface area contributed by atoms with Crippen LogP contribution in [0.4, 0.5) is 4.79 Å². The van der Waals surface area contributed by atoms with Gasteiger partial charge in [0.25, 0.3) is 0 Å². The first-order valence-corrected chi connectivity index (χ1v) is 10.4. The Morgan fingerprint density at radius 3 is 2.40 bits per heavy atom. The largest absolute Gasteiger partial charge is 0.439 e. The molecule has 3 aromatic carbocycles. The lowest BCUT2D eigenvalue weighted by Crippen LogP contribution is -2.23. The lowest BCUT2D eigenvalue weighted by atomic mass is 9.98. The Hall–Kier alpha value is -2.82. The smallest absolute Gasteiger partial charge is 0.410 e. The van der Waals surface area contributed by atoms with Crippen LogP contribution in [0.15, 0.2) is 72.8 Å². The van der Waals surface area contributed by atoms with Crippen LogP contribution in [0.25, 0.3) is 11.1 Å². The van der Waals surface area contributed by atoms with Crippen molar-refractivity contribution in [3.63, 3.8) is 0 Å². The quantitative estimate of drug-likeness (QED) is 0.508. The van der Waals surface area contributed by atoms with E-state index in [1.54, 1.807) is 4.90 Å². The number of amides is 1. The molecule has 0 N–H and O–H groups in total. The molecule has 1 aliphatic heterocycles. The molecule has 30 heavy (non-hydrogen) atoms. The number of hydrogen-bond acceptors (Lipinski definition) is 3. The van der Waals surface area contributed by atoms with Gasteiger partial charge in [-0.3, -0.25) is 4.90 Å². The van der Waals surface area contributed by atoms with Crippen LogP contribution in [-0.2, 0) is 17.8 Å². The van der Waals surface area contributed by atoms with E-state index in [4.69, 9.17) is 16.3 Å². The van der Waals surface area contributed by atoms with E-state index < -0.39 is 0 Å². The minimum absolute atomic E-state index is 0.257. The van der Waals surface area contributed by atoms with E-state index in [9.17, 15) is 4.79 Å². The first-order chi connectivity index (χ1) is 14.5. The molecular weight excluding hydrogens is 396 g/mol. The summed E-state index contributed by atoms with van der Waals surface area (Å²) in [5, 5.41) is 0.673. The van der Waals surface area contributed by atoms with E-state index in [1.165, 1.54) is 16.7 Å². The van der Waals surface area contributed by atoms with Gasteiger partial charge in [-0.05, 0) is 54.0 Å². The number of hydrogen-bond donors (Lipinski definition) is 0. The number of nitrogens with zero attached hydrogens (tertiary/aromatic N) is 2. The van der Waals surface area contributed by atoms with E-state index in [0.29, 0.717) is 18.1 Å². The molecule has 0 bridgehead atoms. The summed E-state index contributed by atoms with van der Waals surface area (Å²) >= 11 is 5.95. The van der Waals surface area contributed by atoms with Gasteiger partial charge in [0.1, 0.15) is 6.10 Å². The zero-order chi connectivity index (χ0) is 21.1. The maximum atomic E-state index is 12.3. The van der Waals surface area contributed by atoms with E-state index in [-0.39, 0.29) is 12.2 Å². The first-order valence-electron chi connectivity index (χ1n) is 10.0. The summed E-state index contributed by atoms with van der Waals surface area (Å²) in [6.07, 6.45) is -0.540. The van der Waals surface area contributed by atoms with Crippen LogP contribution in [0.1, 0.15) is 22.8 Å². The van der Waals surface area contributed by atoms with Crippen LogP contribution >= 0.6 is 11.6 Å². The van der Waals surface area contributed by atoms with Crippen LogP contribution in [0, 0.1) is 0 Å². The Morgan fingerprint density at radius 1 is 1.00 bits per heavy atom. The Balaban J connectivity index is 1.45. The number of cyclic esters (lactones) is 1. The number of halogens is 1. The van der Waals surface area contributed by atoms with Gasteiger partial charge in [-0.15, -0.1) is 0 Å². The number of rotatable bonds is 6. The van der Waals surface area contributed by atoms with E-state index >= 15 is 0 Å². The Morgan fingerprint density at radius 2 is 1.70 bits per heavy atom. The maximum Gasteiger partial charge on any atom is 0.410 e. The molecule has 0 spiro atoms. The molecule has 0 unspecified atom stereocenters. The zero-order valence-electron chi connectivity index (χ0n) is 17.2. The fraction of sp³-hybridized carbons (Fsp3) is 0.240. The molecule has 3 aromatic rings. The summed E-state index contributed by atoms with van der Waals surface area (Å²) in [7, 11) is 4.15. The van der Waals surface area contributed by atoms with Gasteiger partial charge in [-0.25, -0.2) is 4.79 Å². The highest BCUT2D eigenvalue weighted by molar-refractivity contribution is 6.30. The Bertz CT molecular complexity index is 1020. The minimum Gasteiger partial charge on any atom is -0.439 e. The molecular formula is C25H25ClN2O2. The maximum absolute atomic E-state index is 12.3. The van der Waals surface area contributed by atoms with Gasteiger partial charge in [-0.2, -0.15) is 0 Å². The van der Waals surface area contributed by atoms with Crippen LogP contribution in [0.3, 0.4) is 0 Å². The third-order valence-electron chi connectivity index (χ3n) is 5.27. The summed E-state index contributed by atoms with van der Waals surface area (Å²) in [5.41, 5.74) is 5.75. The van der Waals surface area contributed by atoms with Crippen molar-refractivity contribution in [1.29, 1.82) is 0 Å². The molecule has 1 atom stereocenters. The van der Waals surface area contributed by atoms with Crippen LogP contribution in [0.2, 0.25) is 5.02 Å². The fourth-order valence-corrected chi connectivity index (χ4v) is 3.90. The summed E-state index contributed by atoms with van der Waals surface area (Å²) in [6, 6.07) is 24.3. The highest BCUT2D eigenvalue weighted by Crippen LogP contribution is 2.29. The minimum atomic E-state index is -0.282. The topological polar surface area (TPSA) is 32.8 Å². The molecule has 1 fully saturated rings. The second-order valence-electron chi connectivity index (χ2n) is 7.90. The summed E-state index contributed by atoms with van der Waals surface area (Å²) in [6.45, 7) is 1.96. The van der Waals surface area contributed by atoms with Crippen molar-refractivity contribution < 1.29 is 9.53 Å². The van der Waals surface area contributed by atoms with Crippen LogP contribution < -0.4 is 0 Å². The summed E-state index contributed by atoms with van der Waals surface area (Å²) < 4.78 is 5.56. The zero-order valence-corrected chi connectivity index (χ0v) is 18.0. The molecule has 4 rings (SSSR count). The third kappa shape index (κ3) is 4.66. The van der Waals surface area contributed by atoms with Gasteiger partial charge in [0.15, 0.2) is 0 Å². The average molecular weight is 421 g/mol. The predicted molar refractivity (Wildman–Crippen MR) is 120 cm³/mol. The molecule has 0 aromatic heterocycles. The fourth-order valence-electron chi connectivity index (χ4n) is 3.78. The molecule has 1 saturated heterocycles. The normalized spacial score (nSPS) is 16.2. The van der Waals surface area contributed by atoms with E-state index in [1.807, 2.05) is 24.3 Å². The van der Waals surface area contributed by atoms with Gasteiger partial charge < -0.3 is 9.64 Å². The molecule has 1 heterocycles. The third-order valence-corrected chi connectivity index (χ3v) is 5.52. The van der Waals surface area contributed by atoms with Crippen LogP contribution in [0.5, 0.6) is 0 Å². The highest BCUT2D eigenvalue weighted by Gasteiger charge is 2.32. The molecule has 4 nitrogen and oxygen atoms in total. The van der Waals surface area contributed by atoms with Gasteiger partial charge in [0, 0.05) is 18.1 Å². The Labute approximate surface area is 182 Å². The summed E-state index contributed by atoms with van der Waals surface area (Å²) in [5.74, 6) is 0. The molecule has 5 heteroatoms. The van der Waals surface area contributed by atoms with Crippen molar-refractivity contribution in [1.82, 2.24) is 9.80 Å². The summed E-state index contributed by atoms with van der Waals surface area (Å²) in [4.78, 5) is 16.3. The second-order valence-corrected chi connectivity index (χ2v) is 8.33. The number of carbonyl (C=O) groups is 1. The van der Waals surface area contributed by atoms with Crippen molar-refractivity contribution in [3.8, 4) is 11.1 Å². The molecule has 154 valence electrons. The lowest BCUT2D eigenvalue weighted by molar-refractivity contribution is 0.132. The van der Waals surface area contributed by atoms with Gasteiger partial charge in [0.05, 0.1) is 6.54 Å². The van der Waals surface area contributed by atoms with Crippen LogP contribution in [-0.4, -0.2) is 36.5 Å². The van der Waals surface area contributed by atoms with Crippen molar-refractivity contribution in [3.05, 3.63) is 94.5 Å². The monoisotopic (exact) mass is 420 g/mol. The average Bonchev–Trinajstić information content (AvgIpc) is 3.09. The predicted octanol–water partition coefficient (Wildman–Crippen LogP) is 5.76. The number of benzene rings is 3. The molecule has 0 saturated carbocycles. The van der Waals surface area contributed by atoms with E-state index in [2.05, 4.69) is 67.5 Å².